The van der Waals surface area contributed by atoms with E-state index in [-0.39, 0.29) is 0 Å². The van der Waals surface area contributed by atoms with Crippen LogP contribution in [0.2, 0.25) is 5.02 Å². The summed E-state index contributed by atoms with van der Waals surface area (Å²) in [6.45, 7) is 6.34. The smallest absolute Gasteiger partial charge is 0.0406 e. The summed E-state index contributed by atoms with van der Waals surface area (Å²) in [6.07, 6.45) is 3.41. The van der Waals surface area contributed by atoms with Gasteiger partial charge in [0.25, 0.3) is 0 Å². The number of hydrogen-bond acceptors (Lipinski definition) is 1. The molecule has 2 rings (SSSR count). The highest BCUT2D eigenvalue weighted by molar-refractivity contribution is 6.30. The van der Waals surface area contributed by atoms with Gasteiger partial charge in [0.2, 0.25) is 0 Å². The van der Waals surface area contributed by atoms with Gasteiger partial charge in [-0.15, -0.1) is 0 Å². The Balaban J connectivity index is 2.06. The fraction of sp³-hybridized carbons (Fsp3) is 0.263. The molecule has 0 atom stereocenters. The fourth-order valence-corrected chi connectivity index (χ4v) is 2.32. The van der Waals surface area contributed by atoms with Crippen LogP contribution in [0.15, 0.2) is 54.6 Å². The van der Waals surface area contributed by atoms with Gasteiger partial charge in [0, 0.05) is 11.6 Å². The Labute approximate surface area is 132 Å². The molecule has 0 saturated heterocycles. The third kappa shape index (κ3) is 4.73. The SMILES string of the molecule is CCCNC/C=C(/C)c1ccc(-c2ccc(Cl)cc2)cc1. The first-order valence-corrected chi connectivity index (χ1v) is 7.82. The molecule has 0 aliphatic carbocycles. The molecule has 1 nitrogen and oxygen atoms in total. The summed E-state index contributed by atoms with van der Waals surface area (Å²) in [5, 5.41) is 4.16. The van der Waals surface area contributed by atoms with E-state index in [1.165, 1.54) is 28.7 Å². The van der Waals surface area contributed by atoms with E-state index >= 15 is 0 Å². The summed E-state index contributed by atoms with van der Waals surface area (Å²) in [7, 11) is 0. The highest BCUT2D eigenvalue weighted by Crippen LogP contribution is 2.23. The van der Waals surface area contributed by atoms with Crippen LogP contribution >= 0.6 is 11.6 Å². The van der Waals surface area contributed by atoms with Gasteiger partial charge in [0.1, 0.15) is 0 Å². The van der Waals surface area contributed by atoms with E-state index in [9.17, 15) is 0 Å². The number of rotatable bonds is 6. The molecule has 2 aromatic rings. The van der Waals surface area contributed by atoms with Crippen molar-refractivity contribution in [2.24, 2.45) is 0 Å². The highest BCUT2D eigenvalue weighted by atomic mass is 35.5. The summed E-state index contributed by atoms with van der Waals surface area (Å²) < 4.78 is 0. The number of nitrogens with one attached hydrogen (secondary N) is 1. The normalized spacial score (nSPS) is 11.7. The summed E-state index contributed by atoms with van der Waals surface area (Å²) in [4.78, 5) is 0. The van der Waals surface area contributed by atoms with Crippen LogP contribution < -0.4 is 5.32 Å². The van der Waals surface area contributed by atoms with E-state index < -0.39 is 0 Å². The standard InChI is InChI=1S/C19H22ClN/c1-3-13-21-14-12-15(2)16-4-6-17(7-5-16)18-8-10-19(20)11-9-18/h4-12,21H,3,13-14H2,1-2H3/b15-12-. The van der Waals surface area contributed by atoms with Gasteiger partial charge in [0.15, 0.2) is 0 Å². The van der Waals surface area contributed by atoms with Crippen LogP contribution in [0, 0.1) is 0 Å². The molecule has 2 aromatic carbocycles. The van der Waals surface area contributed by atoms with Crippen molar-refractivity contribution in [1.82, 2.24) is 5.32 Å². The maximum absolute atomic E-state index is 5.92. The minimum Gasteiger partial charge on any atom is -0.313 e. The molecular formula is C19H22ClN. The van der Waals surface area contributed by atoms with E-state index in [2.05, 4.69) is 61.6 Å². The molecular weight excluding hydrogens is 278 g/mol. The fourth-order valence-electron chi connectivity index (χ4n) is 2.19. The van der Waals surface area contributed by atoms with Gasteiger partial charge in [-0.1, -0.05) is 61.0 Å². The van der Waals surface area contributed by atoms with Crippen LogP contribution in [0.5, 0.6) is 0 Å². The zero-order valence-corrected chi connectivity index (χ0v) is 13.5. The monoisotopic (exact) mass is 299 g/mol. The second kappa shape index (κ2) is 8.02. The number of benzene rings is 2. The first-order valence-electron chi connectivity index (χ1n) is 7.44. The lowest BCUT2D eigenvalue weighted by Crippen LogP contribution is -2.14. The molecule has 110 valence electrons. The lowest BCUT2D eigenvalue weighted by Gasteiger charge is -2.06. The average molecular weight is 300 g/mol. The van der Waals surface area contributed by atoms with Gasteiger partial charge in [-0.05, 0) is 54.3 Å². The molecule has 0 unspecified atom stereocenters. The molecule has 0 aromatic heterocycles. The van der Waals surface area contributed by atoms with Crippen LogP contribution in [0.1, 0.15) is 25.8 Å². The number of halogens is 1. The van der Waals surface area contributed by atoms with Gasteiger partial charge in [-0.3, -0.25) is 0 Å². The minimum atomic E-state index is 0.772. The van der Waals surface area contributed by atoms with Crippen LogP contribution in [-0.2, 0) is 0 Å². The molecule has 1 N–H and O–H groups in total. The van der Waals surface area contributed by atoms with Crippen molar-refractivity contribution in [3.05, 3.63) is 65.2 Å². The van der Waals surface area contributed by atoms with Crippen LogP contribution in [-0.4, -0.2) is 13.1 Å². The van der Waals surface area contributed by atoms with Gasteiger partial charge in [-0.2, -0.15) is 0 Å². The Morgan fingerprint density at radius 1 is 1.00 bits per heavy atom. The first kappa shape index (κ1) is 15.8. The first-order chi connectivity index (χ1) is 10.2. The Kier molecular flexibility index (Phi) is 6.04. The summed E-state index contributed by atoms with van der Waals surface area (Å²) in [6, 6.07) is 16.6. The number of allylic oxidation sites excluding steroid dienone is 1. The van der Waals surface area contributed by atoms with Crippen LogP contribution in [0.3, 0.4) is 0 Å². The molecule has 0 saturated carbocycles. The van der Waals surface area contributed by atoms with E-state index in [0.717, 1.165) is 18.1 Å². The zero-order chi connectivity index (χ0) is 15.1. The quantitative estimate of drug-likeness (QED) is 0.703. The second-order valence-electron chi connectivity index (χ2n) is 5.18. The third-order valence-electron chi connectivity index (χ3n) is 3.50. The molecule has 21 heavy (non-hydrogen) atoms. The topological polar surface area (TPSA) is 12.0 Å². The zero-order valence-electron chi connectivity index (χ0n) is 12.7. The molecule has 0 fully saturated rings. The van der Waals surface area contributed by atoms with Gasteiger partial charge in [-0.25, -0.2) is 0 Å². The predicted molar refractivity (Wildman–Crippen MR) is 93.7 cm³/mol. The molecule has 0 spiro atoms. The van der Waals surface area contributed by atoms with E-state index in [1.807, 2.05) is 12.1 Å². The van der Waals surface area contributed by atoms with Crippen molar-refractivity contribution < 1.29 is 0 Å². The highest BCUT2D eigenvalue weighted by Gasteiger charge is 1.99. The van der Waals surface area contributed by atoms with Crippen molar-refractivity contribution in [2.45, 2.75) is 20.3 Å². The maximum Gasteiger partial charge on any atom is 0.0406 e. The van der Waals surface area contributed by atoms with Crippen LogP contribution in [0.4, 0.5) is 0 Å². The predicted octanol–water partition coefficient (Wildman–Crippen LogP) is 5.41. The van der Waals surface area contributed by atoms with Gasteiger partial charge < -0.3 is 5.32 Å². The molecule has 0 amide bonds. The Morgan fingerprint density at radius 2 is 1.57 bits per heavy atom. The van der Waals surface area contributed by atoms with Crippen molar-refractivity contribution in [2.75, 3.05) is 13.1 Å². The molecule has 0 aliphatic heterocycles. The molecule has 0 radical (unpaired) electrons. The number of hydrogen-bond donors (Lipinski definition) is 1. The van der Waals surface area contributed by atoms with Gasteiger partial charge >= 0.3 is 0 Å². The van der Waals surface area contributed by atoms with E-state index in [4.69, 9.17) is 11.6 Å². The lowest BCUT2D eigenvalue weighted by molar-refractivity contribution is 0.729. The minimum absolute atomic E-state index is 0.772. The third-order valence-corrected chi connectivity index (χ3v) is 3.75. The second-order valence-corrected chi connectivity index (χ2v) is 5.61. The molecule has 0 heterocycles. The van der Waals surface area contributed by atoms with E-state index in [0.29, 0.717) is 0 Å². The van der Waals surface area contributed by atoms with E-state index in [1.54, 1.807) is 0 Å². The average Bonchev–Trinajstić information content (AvgIpc) is 2.52. The lowest BCUT2D eigenvalue weighted by atomic mass is 10.0. The summed E-state index contributed by atoms with van der Waals surface area (Å²) in [5.41, 5.74) is 4.98. The molecule has 0 aliphatic rings. The Morgan fingerprint density at radius 3 is 2.14 bits per heavy atom. The van der Waals surface area contributed by atoms with Gasteiger partial charge in [0.05, 0.1) is 0 Å². The van der Waals surface area contributed by atoms with Crippen molar-refractivity contribution in [3.63, 3.8) is 0 Å². The van der Waals surface area contributed by atoms with Crippen molar-refractivity contribution in [3.8, 4) is 11.1 Å². The van der Waals surface area contributed by atoms with Crippen molar-refractivity contribution >= 4 is 17.2 Å². The summed E-state index contributed by atoms with van der Waals surface area (Å²) in [5.74, 6) is 0. The molecule has 0 bridgehead atoms. The van der Waals surface area contributed by atoms with Crippen molar-refractivity contribution in [1.29, 1.82) is 0 Å². The maximum atomic E-state index is 5.92. The largest absolute Gasteiger partial charge is 0.313 e. The Hall–Kier alpha value is -1.57. The Bertz CT molecular complexity index is 582. The molecule has 2 heteroatoms. The van der Waals surface area contributed by atoms with Crippen LogP contribution in [0.25, 0.3) is 16.7 Å². The summed E-state index contributed by atoms with van der Waals surface area (Å²) >= 11 is 5.92.